The number of thioether (sulfide) groups is 1. The van der Waals surface area contributed by atoms with Gasteiger partial charge in [0.2, 0.25) is 17.9 Å². The third kappa shape index (κ3) is 3.72. The van der Waals surface area contributed by atoms with Gasteiger partial charge in [0, 0.05) is 11.8 Å². The van der Waals surface area contributed by atoms with Gasteiger partial charge in [0.1, 0.15) is 5.69 Å². The summed E-state index contributed by atoms with van der Waals surface area (Å²) in [4.78, 5) is 16.9. The summed E-state index contributed by atoms with van der Waals surface area (Å²) < 4.78 is 21.5. The topological polar surface area (TPSA) is 113 Å². The van der Waals surface area contributed by atoms with Crippen molar-refractivity contribution in [1.82, 2.24) is 15.2 Å². The molecule has 5 rings (SSSR count). The SMILES string of the molecule is O=C(CSc1nnc(-c2ccco2)c(-c2ccco2)n1)Nc1ccc2c(c1)OCO2. The van der Waals surface area contributed by atoms with Crippen LogP contribution in [-0.2, 0) is 4.79 Å². The summed E-state index contributed by atoms with van der Waals surface area (Å²) in [6.45, 7) is 0.179. The van der Waals surface area contributed by atoms with Crippen molar-refractivity contribution < 1.29 is 23.1 Å². The molecule has 0 saturated carbocycles. The molecule has 1 N–H and O–H groups in total. The fraction of sp³-hybridized carbons (Fsp3) is 0.100. The first-order chi connectivity index (χ1) is 14.8. The zero-order valence-corrected chi connectivity index (χ0v) is 16.2. The predicted molar refractivity (Wildman–Crippen MR) is 107 cm³/mol. The van der Waals surface area contributed by atoms with Crippen LogP contribution in [0.3, 0.4) is 0 Å². The number of fused-ring (bicyclic) bond motifs is 1. The molecule has 1 amide bonds. The van der Waals surface area contributed by atoms with Crippen LogP contribution >= 0.6 is 11.8 Å². The minimum absolute atomic E-state index is 0.105. The summed E-state index contributed by atoms with van der Waals surface area (Å²) in [6.07, 6.45) is 3.10. The molecular formula is C20H14N4O5S. The van der Waals surface area contributed by atoms with Crippen molar-refractivity contribution in [1.29, 1.82) is 0 Å². The molecule has 150 valence electrons. The highest BCUT2D eigenvalue weighted by Gasteiger charge is 2.19. The number of amides is 1. The normalized spacial score (nSPS) is 12.1. The number of hydrogen-bond donors (Lipinski definition) is 1. The molecule has 0 unspecified atom stereocenters. The molecule has 0 fully saturated rings. The highest BCUT2D eigenvalue weighted by Crippen LogP contribution is 2.34. The van der Waals surface area contributed by atoms with Crippen LogP contribution in [0.4, 0.5) is 5.69 Å². The number of furan rings is 2. The Morgan fingerprint density at radius 1 is 0.967 bits per heavy atom. The van der Waals surface area contributed by atoms with Crippen LogP contribution in [0.25, 0.3) is 22.9 Å². The summed E-state index contributed by atoms with van der Waals surface area (Å²) in [5, 5.41) is 11.5. The quantitative estimate of drug-likeness (QED) is 0.463. The molecule has 1 aliphatic heterocycles. The lowest BCUT2D eigenvalue weighted by Crippen LogP contribution is -2.14. The number of rotatable bonds is 6. The summed E-state index contributed by atoms with van der Waals surface area (Å²) >= 11 is 1.17. The lowest BCUT2D eigenvalue weighted by molar-refractivity contribution is -0.113. The summed E-state index contributed by atoms with van der Waals surface area (Å²) in [7, 11) is 0. The van der Waals surface area contributed by atoms with Crippen molar-refractivity contribution in [2.24, 2.45) is 0 Å². The van der Waals surface area contributed by atoms with Crippen LogP contribution in [0.1, 0.15) is 0 Å². The van der Waals surface area contributed by atoms with E-state index in [9.17, 15) is 4.79 Å². The Kier molecular flexibility index (Phi) is 4.81. The number of carbonyl (C=O) groups is 1. The van der Waals surface area contributed by atoms with Crippen LogP contribution in [0.5, 0.6) is 11.5 Å². The molecular weight excluding hydrogens is 408 g/mol. The Hall–Kier alpha value is -3.79. The van der Waals surface area contributed by atoms with Gasteiger partial charge >= 0.3 is 0 Å². The maximum Gasteiger partial charge on any atom is 0.234 e. The molecule has 0 saturated heterocycles. The molecule has 0 bridgehead atoms. The number of nitrogens with zero attached hydrogens (tertiary/aromatic N) is 3. The molecule has 0 atom stereocenters. The number of aromatic nitrogens is 3. The molecule has 0 radical (unpaired) electrons. The molecule has 4 aromatic rings. The standard InChI is InChI=1S/C20H14N4O5S/c25-17(21-12-5-6-13-16(9-12)29-11-28-13)10-30-20-22-18(14-3-1-7-26-14)19(23-24-20)15-4-2-8-27-15/h1-9H,10-11H2,(H,21,25). The van der Waals surface area contributed by atoms with Crippen LogP contribution in [0, 0.1) is 0 Å². The second-order valence-corrected chi connectivity index (χ2v) is 7.09. The van der Waals surface area contributed by atoms with Crippen molar-refractivity contribution >= 4 is 23.4 Å². The summed E-state index contributed by atoms with van der Waals surface area (Å²) in [5.74, 6) is 2.21. The highest BCUT2D eigenvalue weighted by atomic mass is 32.2. The zero-order valence-electron chi connectivity index (χ0n) is 15.4. The lowest BCUT2D eigenvalue weighted by atomic mass is 10.2. The molecule has 1 aromatic carbocycles. The van der Waals surface area contributed by atoms with E-state index < -0.39 is 0 Å². The van der Waals surface area contributed by atoms with E-state index in [0.717, 1.165) is 0 Å². The van der Waals surface area contributed by atoms with Gasteiger partial charge in [-0.15, -0.1) is 10.2 Å². The number of benzene rings is 1. The number of carbonyl (C=O) groups excluding carboxylic acids is 1. The fourth-order valence-corrected chi connectivity index (χ4v) is 3.42. The number of anilines is 1. The minimum Gasteiger partial charge on any atom is -0.463 e. The van der Waals surface area contributed by atoms with E-state index in [1.165, 1.54) is 11.8 Å². The predicted octanol–water partition coefficient (Wildman–Crippen LogP) is 3.85. The Bertz CT molecular complexity index is 1180. The molecule has 9 nitrogen and oxygen atoms in total. The van der Waals surface area contributed by atoms with Crippen molar-refractivity contribution in [3.63, 3.8) is 0 Å². The number of hydrogen-bond acceptors (Lipinski definition) is 9. The van der Waals surface area contributed by atoms with Gasteiger partial charge in [-0.3, -0.25) is 4.79 Å². The number of ether oxygens (including phenoxy) is 2. The first kappa shape index (κ1) is 18.3. The van der Waals surface area contributed by atoms with E-state index in [2.05, 4.69) is 20.5 Å². The summed E-state index contributed by atoms with van der Waals surface area (Å²) in [5.41, 5.74) is 1.57. The van der Waals surface area contributed by atoms with E-state index in [1.807, 2.05) is 0 Å². The molecule has 4 heterocycles. The van der Waals surface area contributed by atoms with Gasteiger partial charge in [-0.2, -0.15) is 0 Å². The average Bonchev–Trinajstić information content (AvgIpc) is 3.54. The molecule has 3 aromatic heterocycles. The van der Waals surface area contributed by atoms with Gasteiger partial charge in [-0.25, -0.2) is 4.98 Å². The largest absolute Gasteiger partial charge is 0.463 e. The number of nitrogens with one attached hydrogen (secondary N) is 1. The fourth-order valence-electron chi connectivity index (χ4n) is 2.84. The van der Waals surface area contributed by atoms with Gasteiger partial charge in [0.15, 0.2) is 28.7 Å². The Balaban J connectivity index is 1.30. The molecule has 30 heavy (non-hydrogen) atoms. The average molecular weight is 422 g/mol. The monoisotopic (exact) mass is 422 g/mol. The van der Waals surface area contributed by atoms with Crippen molar-refractivity contribution in [2.45, 2.75) is 5.16 Å². The molecule has 10 heteroatoms. The Morgan fingerprint density at radius 2 is 1.73 bits per heavy atom. The Morgan fingerprint density at radius 3 is 2.50 bits per heavy atom. The third-order valence-corrected chi connectivity index (χ3v) is 5.00. The van der Waals surface area contributed by atoms with Gasteiger partial charge < -0.3 is 23.6 Å². The first-order valence-electron chi connectivity index (χ1n) is 8.91. The lowest BCUT2D eigenvalue weighted by Gasteiger charge is -2.07. The maximum absolute atomic E-state index is 12.3. The third-order valence-electron chi connectivity index (χ3n) is 4.17. The molecule has 0 aliphatic carbocycles. The minimum atomic E-state index is -0.211. The maximum atomic E-state index is 12.3. The smallest absolute Gasteiger partial charge is 0.234 e. The van der Waals surface area contributed by atoms with E-state index >= 15 is 0 Å². The van der Waals surface area contributed by atoms with E-state index in [4.69, 9.17) is 18.3 Å². The van der Waals surface area contributed by atoms with Gasteiger partial charge in [0.05, 0.1) is 18.3 Å². The Labute approximate surface area is 174 Å². The van der Waals surface area contributed by atoms with E-state index in [1.54, 1.807) is 55.0 Å². The zero-order chi connectivity index (χ0) is 20.3. The van der Waals surface area contributed by atoms with Gasteiger partial charge in [0.25, 0.3) is 0 Å². The van der Waals surface area contributed by atoms with Crippen molar-refractivity contribution in [3.8, 4) is 34.4 Å². The first-order valence-corrected chi connectivity index (χ1v) is 9.89. The van der Waals surface area contributed by atoms with Gasteiger partial charge in [-0.05, 0) is 36.4 Å². The highest BCUT2D eigenvalue weighted by molar-refractivity contribution is 7.99. The molecule has 1 aliphatic rings. The van der Waals surface area contributed by atoms with Crippen LogP contribution in [0.2, 0.25) is 0 Å². The van der Waals surface area contributed by atoms with E-state index in [-0.39, 0.29) is 18.5 Å². The van der Waals surface area contributed by atoms with Crippen LogP contribution in [-0.4, -0.2) is 33.6 Å². The second kappa shape index (κ2) is 7.91. The summed E-state index contributed by atoms with van der Waals surface area (Å²) in [6, 6.07) is 12.3. The van der Waals surface area contributed by atoms with Crippen LogP contribution < -0.4 is 14.8 Å². The second-order valence-electron chi connectivity index (χ2n) is 6.15. The molecule has 0 spiro atoms. The van der Waals surface area contributed by atoms with Crippen LogP contribution in [0.15, 0.2) is 69.0 Å². The van der Waals surface area contributed by atoms with Crippen molar-refractivity contribution in [3.05, 3.63) is 55.0 Å². The van der Waals surface area contributed by atoms with Crippen molar-refractivity contribution in [2.75, 3.05) is 17.9 Å². The van der Waals surface area contributed by atoms with E-state index in [0.29, 0.717) is 45.3 Å². The van der Waals surface area contributed by atoms with Gasteiger partial charge in [-0.1, -0.05) is 11.8 Å².